The van der Waals surface area contributed by atoms with Gasteiger partial charge in [0, 0.05) is 26.2 Å². The van der Waals surface area contributed by atoms with Crippen molar-refractivity contribution >= 4 is 29.9 Å². The van der Waals surface area contributed by atoms with Gasteiger partial charge >= 0.3 is 5.97 Å². The number of hydrogen-bond donors (Lipinski definition) is 1. The van der Waals surface area contributed by atoms with Gasteiger partial charge in [0.25, 0.3) is 11.8 Å². The second kappa shape index (κ2) is 8.96. The van der Waals surface area contributed by atoms with Gasteiger partial charge in [0.05, 0.1) is 18.4 Å². The van der Waals surface area contributed by atoms with Gasteiger partial charge in [-0.2, -0.15) is 0 Å². The van der Waals surface area contributed by atoms with Crippen molar-refractivity contribution in [2.75, 3.05) is 38.6 Å². The number of nitrogens with one attached hydrogen (secondary N) is 1. The van der Waals surface area contributed by atoms with Crippen LogP contribution in [0.2, 0.25) is 0 Å². The van der Waals surface area contributed by atoms with Gasteiger partial charge in [-0.3, -0.25) is 14.4 Å². The van der Waals surface area contributed by atoms with Crippen LogP contribution in [-0.2, 0) is 9.53 Å². The molecular weight excluding hydrogens is 376 g/mol. The van der Waals surface area contributed by atoms with Crippen LogP contribution in [-0.4, -0.2) is 72.3 Å². The van der Waals surface area contributed by atoms with Gasteiger partial charge in [0.2, 0.25) is 6.41 Å². The third kappa shape index (κ3) is 4.57. The summed E-state index contributed by atoms with van der Waals surface area (Å²) >= 11 is 0. The maximum atomic E-state index is 12.7. The van der Waals surface area contributed by atoms with Crippen molar-refractivity contribution < 1.29 is 23.9 Å². The van der Waals surface area contributed by atoms with Crippen molar-refractivity contribution in [3.63, 3.8) is 0 Å². The summed E-state index contributed by atoms with van der Waals surface area (Å²) in [6.07, 6.45) is 0.761. The van der Waals surface area contributed by atoms with Crippen LogP contribution in [0.5, 0.6) is 0 Å². The van der Waals surface area contributed by atoms with E-state index in [1.165, 1.54) is 25.3 Å². The number of anilines is 1. The van der Waals surface area contributed by atoms with Gasteiger partial charge < -0.3 is 19.9 Å². The lowest BCUT2D eigenvalue weighted by molar-refractivity contribution is -0.119. The van der Waals surface area contributed by atoms with E-state index in [0.717, 1.165) is 6.41 Å². The number of rotatable bonds is 5. The summed E-state index contributed by atoms with van der Waals surface area (Å²) in [5.41, 5.74) is 0.678. The number of piperazine rings is 1. The van der Waals surface area contributed by atoms with Crippen LogP contribution in [0.15, 0.2) is 42.5 Å². The molecule has 0 aliphatic carbocycles. The molecular formula is C20H20N4O5. The number of ether oxygens (including phenoxy) is 1. The minimum absolute atomic E-state index is 0.0436. The molecule has 0 spiro atoms. The molecule has 0 unspecified atom stereocenters. The number of carbonyl (C=O) groups excluding carboxylic acids is 4. The molecule has 1 saturated heterocycles. The summed E-state index contributed by atoms with van der Waals surface area (Å²) in [5, 5.41) is 2.63. The molecule has 1 aromatic heterocycles. The van der Waals surface area contributed by atoms with Crippen molar-refractivity contribution in [2.24, 2.45) is 0 Å². The lowest BCUT2D eigenvalue weighted by atomic mass is 10.1. The minimum atomic E-state index is -0.577. The smallest absolute Gasteiger partial charge is 0.339 e. The Balaban J connectivity index is 1.74. The molecule has 0 radical (unpaired) electrons. The van der Waals surface area contributed by atoms with E-state index in [2.05, 4.69) is 10.3 Å². The molecule has 2 aromatic rings. The van der Waals surface area contributed by atoms with Crippen LogP contribution in [0.3, 0.4) is 0 Å². The van der Waals surface area contributed by atoms with Crippen molar-refractivity contribution in [1.29, 1.82) is 0 Å². The zero-order chi connectivity index (χ0) is 20.8. The van der Waals surface area contributed by atoms with Gasteiger partial charge in [-0.05, 0) is 24.3 Å². The van der Waals surface area contributed by atoms with Crippen LogP contribution in [0.25, 0.3) is 0 Å². The normalized spacial score (nSPS) is 13.6. The highest BCUT2D eigenvalue weighted by molar-refractivity contribution is 6.07. The quantitative estimate of drug-likeness (QED) is 0.597. The Labute approximate surface area is 167 Å². The summed E-state index contributed by atoms with van der Waals surface area (Å²) in [5.74, 6) is -1.44. The predicted octanol–water partition coefficient (Wildman–Crippen LogP) is 1.03. The average molecular weight is 396 g/mol. The largest absolute Gasteiger partial charge is 0.465 e. The van der Waals surface area contributed by atoms with Gasteiger partial charge in [0.15, 0.2) is 0 Å². The second-order valence-corrected chi connectivity index (χ2v) is 6.33. The third-order valence-electron chi connectivity index (χ3n) is 4.53. The third-order valence-corrected chi connectivity index (χ3v) is 4.53. The van der Waals surface area contributed by atoms with E-state index in [1.54, 1.807) is 34.1 Å². The van der Waals surface area contributed by atoms with Crippen LogP contribution < -0.4 is 5.32 Å². The Morgan fingerprint density at radius 2 is 1.69 bits per heavy atom. The maximum absolute atomic E-state index is 12.7. The first kappa shape index (κ1) is 20.0. The number of carbonyl (C=O) groups is 4. The van der Waals surface area contributed by atoms with Crippen molar-refractivity contribution in [3.8, 4) is 0 Å². The maximum Gasteiger partial charge on any atom is 0.339 e. The van der Waals surface area contributed by atoms with Crippen LogP contribution in [0.4, 0.5) is 5.69 Å². The highest BCUT2D eigenvalue weighted by atomic mass is 16.5. The molecule has 0 saturated carbocycles. The zero-order valence-corrected chi connectivity index (χ0v) is 15.8. The fourth-order valence-corrected chi connectivity index (χ4v) is 2.94. The molecule has 1 aliphatic rings. The van der Waals surface area contributed by atoms with E-state index in [4.69, 9.17) is 4.74 Å². The molecule has 1 aliphatic heterocycles. The highest BCUT2D eigenvalue weighted by Gasteiger charge is 2.23. The minimum Gasteiger partial charge on any atom is -0.465 e. The number of nitrogens with zero attached hydrogens (tertiary/aromatic N) is 3. The Kier molecular flexibility index (Phi) is 6.18. The molecule has 3 rings (SSSR count). The molecule has 150 valence electrons. The summed E-state index contributed by atoms with van der Waals surface area (Å²) in [6, 6.07) is 11.0. The number of amides is 3. The summed E-state index contributed by atoms with van der Waals surface area (Å²) in [7, 11) is 1.26. The number of esters is 1. The number of hydrogen-bond acceptors (Lipinski definition) is 6. The Morgan fingerprint density at radius 1 is 1.00 bits per heavy atom. The first-order valence-electron chi connectivity index (χ1n) is 8.98. The van der Waals surface area contributed by atoms with E-state index < -0.39 is 11.9 Å². The molecule has 0 bridgehead atoms. The van der Waals surface area contributed by atoms with Gasteiger partial charge in [-0.25, -0.2) is 9.78 Å². The fourth-order valence-electron chi connectivity index (χ4n) is 2.94. The molecule has 1 aromatic carbocycles. The fraction of sp³-hybridized carbons (Fsp3) is 0.250. The molecule has 2 heterocycles. The lowest BCUT2D eigenvalue weighted by Crippen LogP contribution is -2.48. The van der Waals surface area contributed by atoms with Gasteiger partial charge in [-0.1, -0.05) is 18.2 Å². The summed E-state index contributed by atoms with van der Waals surface area (Å²) in [4.78, 5) is 55.3. The summed E-state index contributed by atoms with van der Waals surface area (Å²) in [6.45, 7) is 1.73. The van der Waals surface area contributed by atoms with Crippen molar-refractivity contribution in [1.82, 2.24) is 14.8 Å². The van der Waals surface area contributed by atoms with E-state index in [-0.39, 0.29) is 28.5 Å². The number of pyridine rings is 1. The average Bonchev–Trinajstić information content (AvgIpc) is 2.78. The predicted molar refractivity (Wildman–Crippen MR) is 104 cm³/mol. The molecule has 0 atom stereocenters. The first-order chi connectivity index (χ1) is 14.0. The number of para-hydroxylation sites is 1. The van der Waals surface area contributed by atoms with Gasteiger partial charge in [0.1, 0.15) is 11.4 Å². The zero-order valence-electron chi connectivity index (χ0n) is 15.8. The molecule has 3 amide bonds. The SMILES string of the molecule is COC(=O)c1ccccc1NC(=O)c1cccc(C(=O)N2CCN(C=O)CC2)n1. The number of benzene rings is 1. The monoisotopic (exact) mass is 396 g/mol. The first-order valence-corrected chi connectivity index (χ1v) is 8.98. The molecule has 9 heteroatoms. The Bertz CT molecular complexity index is 938. The number of methoxy groups -OCH3 is 1. The lowest BCUT2D eigenvalue weighted by Gasteiger charge is -2.32. The van der Waals surface area contributed by atoms with Crippen molar-refractivity contribution in [2.45, 2.75) is 0 Å². The Morgan fingerprint density at radius 3 is 2.38 bits per heavy atom. The van der Waals surface area contributed by atoms with Crippen LogP contribution in [0, 0.1) is 0 Å². The van der Waals surface area contributed by atoms with Crippen LogP contribution in [0.1, 0.15) is 31.3 Å². The van der Waals surface area contributed by atoms with Gasteiger partial charge in [-0.15, -0.1) is 0 Å². The summed E-state index contributed by atoms with van der Waals surface area (Å²) < 4.78 is 4.72. The standard InChI is InChI=1S/C20H20N4O5/c1-29-20(28)14-5-2-3-6-15(14)22-18(26)16-7-4-8-17(21-16)19(27)24-11-9-23(13-25)10-12-24/h2-8,13H,9-12H2,1H3,(H,22,26). The van der Waals surface area contributed by atoms with Crippen molar-refractivity contribution in [3.05, 3.63) is 59.4 Å². The second-order valence-electron chi connectivity index (χ2n) is 6.33. The van der Waals surface area contributed by atoms with Crippen LogP contribution >= 0.6 is 0 Å². The van der Waals surface area contributed by atoms with E-state index >= 15 is 0 Å². The molecule has 1 N–H and O–H groups in total. The number of aromatic nitrogens is 1. The van der Waals surface area contributed by atoms with E-state index in [9.17, 15) is 19.2 Å². The molecule has 9 nitrogen and oxygen atoms in total. The highest BCUT2D eigenvalue weighted by Crippen LogP contribution is 2.17. The molecule has 1 fully saturated rings. The topological polar surface area (TPSA) is 109 Å². The molecule has 29 heavy (non-hydrogen) atoms. The van der Waals surface area contributed by atoms with E-state index in [0.29, 0.717) is 26.2 Å². The van der Waals surface area contributed by atoms with E-state index in [1.807, 2.05) is 0 Å². The Hall–Kier alpha value is -3.75.